The van der Waals surface area contributed by atoms with E-state index in [1.807, 2.05) is 4.90 Å². The Morgan fingerprint density at radius 1 is 0.892 bits per heavy atom. The van der Waals surface area contributed by atoms with Crippen molar-refractivity contribution in [3.63, 3.8) is 0 Å². The number of benzene rings is 1. The van der Waals surface area contributed by atoms with Gasteiger partial charge in [0.05, 0.1) is 5.54 Å². The van der Waals surface area contributed by atoms with E-state index in [0.29, 0.717) is 49.8 Å². The molecule has 200 valence electrons. The van der Waals surface area contributed by atoms with Crippen molar-refractivity contribution in [2.45, 2.75) is 62.2 Å². The number of carbonyl (C=O) groups is 1. The van der Waals surface area contributed by atoms with Crippen LogP contribution in [0.25, 0.3) is 0 Å². The first-order valence-corrected chi connectivity index (χ1v) is 12.5. The minimum atomic E-state index is -4.45. The Morgan fingerprint density at radius 2 is 1.57 bits per heavy atom. The second kappa shape index (κ2) is 9.38. The summed E-state index contributed by atoms with van der Waals surface area (Å²) in [6.45, 7) is 1.36. The lowest BCUT2D eigenvalue weighted by molar-refractivity contribution is -0.191. The first kappa shape index (κ1) is 25.6. The summed E-state index contributed by atoms with van der Waals surface area (Å²) in [5.74, 6) is -1.05. The van der Waals surface area contributed by atoms with Crippen LogP contribution in [0.5, 0.6) is 0 Å². The molecular weight excluding hydrogens is 495 g/mol. The Morgan fingerprint density at radius 3 is 2.22 bits per heavy atom. The van der Waals surface area contributed by atoms with Crippen LogP contribution in [0.4, 0.5) is 39.4 Å². The zero-order chi connectivity index (χ0) is 26.4. The molecule has 5 rings (SSSR count). The molecule has 4 heterocycles. The van der Waals surface area contributed by atoms with Gasteiger partial charge in [0.15, 0.2) is 11.6 Å². The van der Waals surface area contributed by atoms with Crippen LogP contribution in [0.2, 0.25) is 0 Å². The Bertz CT molecular complexity index is 1160. The van der Waals surface area contributed by atoms with E-state index < -0.39 is 28.9 Å². The molecule has 1 aromatic heterocycles. The third-order valence-corrected chi connectivity index (χ3v) is 8.07. The summed E-state index contributed by atoms with van der Waals surface area (Å²) < 4.78 is 67.3. The van der Waals surface area contributed by atoms with E-state index in [-0.39, 0.29) is 31.8 Å². The van der Waals surface area contributed by atoms with E-state index in [4.69, 9.17) is 5.73 Å². The van der Waals surface area contributed by atoms with E-state index in [2.05, 4.69) is 9.97 Å². The highest BCUT2D eigenvalue weighted by Gasteiger charge is 2.53. The summed E-state index contributed by atoms with van der Waals surface area (Å²) >= 11 is 0. The summed E-state index contributed by atoms with van der Waals surface area (Å²) in [5, 5.41) is 0. The van der Waals surface area contributed by atoms with Crippen LogP contribution in [0.1, 0.15) is 44.9 Å². The van der Waals surface area contributed by atoms with Crippen molar-refractivity contribution in [3.05, 3.63) is 42.1 Å². The van der Waals surface area contributed by atoms with Crippen molar-refractivity contribution >= 4 is 23.4 Å². The van der Waals surface area contributed by atoms with Gasteiger partial charge in [-0.05, 0) is 56.7 Å². The third kappa shape index (κ3) is 4.71. The van der Waals surface area contributed by atoms with E-state index in [1.54, 1.807) is 22.1 Å². The fraction of sp³-hybridized carbons (Fsp3) is 0.560. The van der Waals surface area contributed by atoms with Crippen molar-refractivity contribution in [1.82, 2.24) is 9.97 Å². The van der Waals surface area contributed by atoms with Crippen LogP contribution in [-0.4, -0.2) is 59.3 Å². The van der Waals surface area contributed by atoms with E-state index in [0.717, 1.165) is 25.0 Å². The molecule has 7 nitrogen and oxygen atoms in total. The SMILES string of the molecule is NC1(C(F)(F)F)CCN(c2ccnc(N3CCC4(CCCC(=O)N4c4ccc(F)c(F)c4)CC3)n2)CC1. The molecule has 0 unspecified atom stereocenters. The number of carbonyl (C=O) groups excluding carboxylic acids is 1. The second-order valence-electron chi connectivity index (χ2n) is 10.2. The number of rotatable bonds is 3. The van der Waals surface area contributed by atoms with Gasteiger partial charge < -0.3 is 20.4 Å². The summed E-state index contributed by atoms with van der Waals surface area (Å²) in [5.41, 5.74) is 3.27. The molecule has 1 amide bonds. The molecule has 12 heteroatoms. The molecule has 1 aromatic carbocycles. The van der Waals surface area contributed by atoms with Gasteiger partial charge in [0.25, 0.3) is 0 Å². The molecule has 0 aliphatic carbocycles. The monoisotopic (exact) mass is 524 g/mol. The minimum Gasteiger partial charge on any atom is -0.356 e. The molecule has 2 aromatic rings. The Labute approximate surface area is 211 Å². The Hall–Kier alpha value is -3.02. The average Bonchev–Trinajstić information content (AvgIpc) is 2.86. The highest BCUT2D eigenvalue weighted by atomic mass is 19.4. The van der Waals surface area contributed by atoms with Crippen LogP contribution in [0, 0.1) is 11.6 Å². The lowest BCUT2D eigenvalue weighted by Crippen LogP contribution is -2.60. The lowest BCUT2D eigenvalue weighted by atomic mass is 9.78. The molecule has 37 heavy (non-hydrogen) atoms. The van der Waals surface area contributed by atoms with Crippen LogP contribution in [0.15, 0.2) is 30.5 Å². The number of nitrogens with two attached hydrogens (primary N) is 1. The van der Waals surface area contributed by atoms with Crippen LogP contribution in [0.3, 0.4) is 0 Å². The summed E-state index contributed by atoms with van der Waals surface area (Å²) in [7, 11) is 0. The maximum atomic E-state index is 14.0. The average molecular weight is 525 g/mol. The number of piperidine rings is 3. The number of anilines is 3. The van der Waals surface area contributed by atoms with Crippen LogP contribution in [-0.2, 0) is 4.79 Å². The number of aromatic nitrogens is 2. The predicted octanol–water partition coefficient (Wildman–Crippen LogP) is 4.17. The van der Waals surface area contributed by atoms with Crippen molar-refractivity contribution in [2.75, 3.05) is 40.9 Å². The van der Waals surface area contributed by atoms with Crippen molar-refractivity contribution in [3.8, 4) is 0 Å². The first-order valence-electron chi connectivity index (χ1n) is 12.5. The standard InChI is InChI=1S/C25H29F5N6O/c26-18-4-3-17(16-19(18)27)36-21(37)2-1-6-23(36)7-12-35(13-8-23)22-32-11-5-20(33-22)34-14-9-24(31,10-15-34)25(28,29)30/h3-5,11,16H,1-2,6-10,12-15,31H2. The molecule has 0 radical (unpaired) electrons. The molecular formula is C25H29F5N6O. The number of halogens is 5. The van der Waals surface area contributed by atoms with Gasteiger partial charge in [0.1, 0.15) is 11.4 Å². The molecule has 0 atom stereocenters. The molecule has 3 fully saturated rings. The fourth-order valence-corrected chi connectivity index (χ4v) is 5.78. The molecule has 3 aliphatic heterocycles. The van der Waals surface area contributed by atoms with Crippen molar-refractivity contribution in [1.29, 1.82) is 0 Å². The van der Waals surface area contributed by atoms with E-state index >= 15 is 0 Å². The highest BCUT2D eigenvalue weighted by molar-refractivity contribution is 5.95. The molecule has 3 aliphatic rings. The normalized spacial score (nSPS) is 22.0. The minimum absolute atomic E-state index is 0.108. The quantitative estimate of drug-likeness (QED) is 0.608. The van der Waals surface area contributed by atoms with Gasteiger partial charge in [-0.2, -0.15) is 18.2 Å². The molecule has 0 bridgehead atoms. The van der Waals surface area contributed by atoms with Gasteiger partial charge in [-0.3, -0.25) is 4.79 Å². The largest absolute Gasteiger partial charge is 0.406 e. The van der Waals surface area contributed by atoms with Gasteiger partial charge in [0, 0.05) is 50.6 Å². The van der Waals surface area contributed by atoms with Crippen molar-refractivity contribution < 1.29 is 26.7 Å². The van der Waals surface area contributed by atoms with Crippen LogP contribution >= 0.6 is 0 Å². The molecule has 3 saturated heterocycles. The molecule has 2 N–H and O–H groups in total. The Balaban J connectivity index is 1.30. The number of hydrogen-bond donors (Lipinski definition) is 1. The van der Waals surface area contributed by atoms with Crippen molar-refractivity contribution in [2.24, 2.45) is 5.73 Å². The van der Waals surface area contributed by atoms with Gasteiger partial charge in [-0.15, -0.1) is 0 Å². The van der Waals surface area contributed by atoms with Gasteiger partial charge in [0.2, 0.25) is 11.9 Å². The summed E-state index contributed by atoms with van der Waals surface area (Å²) in [6, 6.07) is 5.23. The predicted molar refractivity (Wildman–Crippen MR) is 128 cm³/mol. The summed E-state index contributed by atoms with van der Waals surface area (Å²) in [6.07, 6.45) is -0.273. The fourth-order valence-electron chi connectivity index (χ4n) is 5.78. The first-order chi connectivity index (χ1) is 17.5. The lowest BCUT2D eigenvalue weighted by Gasteiger charge is -2.51. The van der Waals surface area contributed by atoms with Crippen LogP contribution < -0.4 is 20.4 Å². The smallest absolute Gasteiger partial charge is 0.356 e. The number of alkyl halides is 3. The second-order valence-corrected chi connectivity index (χ2v) is 10.2. The number of nitrogens with zero attached hydrogens (tertiary/aromatic N) is 5. The molecule has 0 saturated carbocycles. The topological polar surface area (TPSA) is 78.6 Å². The third-order valence-electron chi connectivity index (χ3n) is 8.07. The van der Waals surface area contributed by atoms with Gasteiger partial charge in [-0.1, -0.05) is 0 Å². The summed E-state index contributed by atoms with van der Waals surface area (Å²) in [4.78, 5) is 27.4. The van der Waals surface area contributed by atoms with Gasteiger partial charge in [-0.25, -0.2) is 13.8 Å². The van der Waals surface area contributed by atoms with E-state index in [1.165, 1.54) is 6.07 Å². The maximum absolute atomic E-state index is 14.0. The van der Waals surface area contributed by atoms with Gasteiger partial charge >= 0.3 is 6.18 Å². The zero-order valence-corrected chi connectivity index (χ0v) is 20.3. The number of amides is 1. The Kier molecular flexibility index (Phi) is 6.49. The number of hydrogen-bond acceptors (Lipinski definition) is 6. The highest BCUT2D eigenvalue weighted by Crippen LogP contribution is 2.42. The molecule has 1 spiro atoms. The zero-order valence-electron chi connectivity index (χ0n) is 20.3. The maximum Gasteiger partial charge on any atom is 0.406 e. The van der Waals surface area contributed by atoms with E-state index in [9.17, 15) is 26.7 Å².